The minimum Gasteiger partial charge on any atom is -0.351 e. The van der Waals surface area contributed by atoms with E-state index in [0.29, 0.717) is 24.3 Å². The van der Waals surface area contributed by atoms with E-state index in [0.717, 1.165) is 11.3 Å². The molecule has 0 unspecified atom stereocenters. The normalized spacial score (nSPS) is 9.44. The molecule has 1 amide bonds. The summed E-state index contributed by atoms with van der Waals surface area (Å²) in [5.41, 5.74) is 0. The van der Waals surface area contributed by atoms with Crippen molar-refractivity contribution >= 4 is 22.2 Å². The molecule has 16 heavy (non-hydrogen) atoms. The Balaban J connectivity index is 2.47. The molecule has 0 bridgehead atoms. The predicted molar refractivity (Wildman–Crippen MR) is 61.4 cm³/mol. The summed E-state index contributed by atoms with van der Waals surface area (Å²) in [5, 5.41) is 13.0. The van der Waals surface area contributed by atoms with Gasteiger partial charge in [-0.1, -0.05) is 11.3 Å². The summed E-state index contributed by atoms with van der Waals surface area (Å²) in [5.74, 6) is 2.17. The molecule has 0 spiro atoms. The zero-order chi connectivity index (χ0) is 12.0. The van der Waals surface area contributed by atoms with Gasteiger partial charge >= 0.3 is 5.00 Å². The quantitative estimate of drug-likeness (QED) is 0.368. The van der Waals surface area contributed by atoms with E-state index < -0.39 is 4.92 Å². The monoisotopic (exact) mass is 238 g/mol. The number of carbonyl (C=O) groups excluding carboxylic acids is 1. The zero-order valence-corrected chi connectivity index (χ0v) is 9.25. The number of rotatable bonds is 5. The highest BCUT2D eigenvalue weighted by Gasteiger charge is 2.14. The number of unbranched alkanes of at least 4 members (excludes halogenated alkanes) is 1. The third-order valence-corrected chi connectivity index (χ3v) is 2.81. The number of thiophene rings is 1. The Hall–Kier alpha value is -1.87. The van der Waals surface area contributed by atoms with Crippen LogP contribution in [0.2, 0.25) is 0 Å². The van der Waals surface area contributed by atoms with Gasteiger partial charge in [0, 0.05) is 19.0 Å². The van der Waals surface area contributed by atoms with Crippen LogP contribution in [0.1, 0.15) is 22.5 Å². The average Bonchev–Trinajstić information content (AvgIpc) is 2.73. The van der Waals surface area contributed by atoms with Crippen LogP contribution in [-0.4, -0.2) is 17.4 Å². The Bertz CT molecular complexity index is 434. The first-order valence-electron chi connectivity index (χ1n) is 4.61. The molecule has 1 N–H and O–H groups in total. The van der Waals surface area contributed by atoms with Gasteiger partial charge in [-0.05, 0) is 12.5 Å². The fourth-order valence-electron chi connectivity index (χ4n) is 1.03. The second-order valence-corrected chi connectivity index (χ2v) is 4.02. The van der Waals surface area contributed by atoms with E-state index in [1.54, 1.807) is 0 Å². The van der Waals surface area contributed by atoms with Gasteiger partial charge in [0.1, 0.15) is 0 Å². The van der Waals surface area contributed by atoms with Crippen molar-refractivity contribution in [3.05, 3.63) is 27.1 Å². The molecule has 0 atom stereocenters. The van der Waals surface area contributed by atoms with Crippen molar-refractivity contribution < 1.29 is 9.72 Å². The Morgan fingerprint density at radius 1 is 1.62 bits per heavy atom. The molecule has 0 aliphatic rings. The maximum atomic E-state index is 11.5. The smallest absolute Gasteiger partial charge is 0.324 e. The summed E-state index contributed by atoms with van der Waals surface area (Å²) in [4.78, 5) is 21.7. The van der Waals surface area contributed by atoms with E-state index in [2.05, 4.69) is 11.2 Å². The van der Waals surface area contributed by atoms with Crippen molar-refractivity contribution in [3.8, 4) is 12.3 Å². The minimum absolute atomic E-state index is 0.0335. The zero-order valence-electron chi connectivity index (χ0n) is 8.43. The summed E-state index contributed by atoms with van der Waals surface area (Å²) in [6.45, 7) is 0.481. The molecule has 1 heterocycles. The average molecular weight is 238 g/mol. The van der Waals surface area contributed by atoms with Gasteiger partial charge < -0.3 is 5.32 Å². The molecule has 6 heteroatoms. The number of hydrogen-bond donors (Lipinski definition) is 1. The lowest BCUT2D eigenvalue weighted by Crippen LogP contribution is -2.23. The van der Waals surface area contributed by atoms with E-state index >= 15 is 0 Å². The molecular weight excluding hydrogens is 228 g/mol. The molecule has 0 aliphatic carbocycles. The maximum absolute atomic E-state index is 11.5. The lowest BCUT2D eigenvalue weighted by Gasteiger charge is -2.00. The first-order valence-corrected chi connectivity index (χ1v) is 5.42. The van der Waals surface area contributed by atoms with Crippen molar-refractivity contribution in [1.82, 2.24) is 5.32 Å². The van der Waals surface area contributed by atoms with Crippen LogP contribution in [0.15, 0.2) is 12.1 Å². The maximum Gasteiger partial charge on any atom is 0.324 e. The SMILES string of the molecule is C#CCCCNC(=O)c1ccc([N+](=O)[O-])s1. The molecular formula is C10H10N2O3S. The molecule has 1 aromatic rings. The number of hydrogen-bond acceptors (Lipinski definition) is 4. The van der Waals surface area contributed by atoms with Crippen LogP contribution in [0, 0.1) is 22.5 Å². The second-order valence-electron chi connectivity index (χ2n) is 2.96. The summed E-state index contributed by atoms with van der Waals surface area (Å²) >= 11 is 0.861. The predicted octanol–water partition coefficient (Wildman–Crippen LogP) is 1.80. The molecule has 5 nitrogen and oxygen atoms in total. The van der Waals surface area contributed by atoms with E-state index in [4.69, 9.17) is 6.42 Å². The van der Waals surface area contributed by atoms with Crippen LogP contribution >= 0.6 is 11.3 Å². The highest BCUT2D eigenvalue weighted by Crippen LogP contribution is 2.23. The van der Waals surface area contributed by atoms with Crippen molar-refractivity contribution in [1.29, 1.82) is 0 Å². The van der Waals surface area contributed by atoms with Gasteiger partial charge in [-0.15, -0.1) is 12.3 Å². The van der Waals surface area contributed by atoms with Crippen molar-refractivity contribution in [3.63, 3.8) is 0 Å². The topological polar surface area (TPSA) is 72.2 Å². The van der Waals surface area contributed by atoms with Crippen LogP contribution in [0.5, 0.6) is 0 Å². The Labute approximate surface area is 96.6 Å². The molecule has 0 saturated carbocycles. The van der Waals surface area contributed by atoms with Gasteiger partial charge in [0.05, 0.1) is 9.80 Å². The van der Waals surface area contributed by atoms with E-state index in [-0.39, 0.29) is 10.9 Å². The van der Waals surface area contributed by atoms with Crippen LogP contribution < -0.4 is 5.32 Å². The first kappa shape index (κ1) is 12.2. The molecule has 1 rings (SSSR count). The standard InChI is InChI=1S/C10H10N2O3S/c1-2-3-4-7-11-10(13)8-5-6-9(16-8)12(14)15/h1,5-6H,3-4,7H2,(H,11,13). The second kappa shape index (κ2) is 5.88. The molecule has 0 aliphatic heterocycles. The fraction of sp³-hybridized carbons (Fsp3) is 0.300. The van der Waals surface area contributed by atoms with Gasteiger partial charge in [-0.2, -0.15) is 0 Å². The summed E-state index contributed by atoms with van der Waals surface area (Å²) in [6, 6.07) is 2.76. The van der Waals surface area contributed by atoms with Crippen LogP contribution in [0.25, 0.3) is 0 Å². The fourth-order valence-corrected chi connectivity index (χ4v) is 1.76. The molecule has 0 fully saturated rings. The largest absolute Gasteiger partial charge is 0.351 e. The highest BCUT2D eigenvalue weighted by molar-refractivity contribution is 7.17. The number of nitrogens with zero attached hydrogens (tertiary/aromatic N) is 1. The van der Waals surface area contributed by atoms with E-state index in [9.17, 15) is 14.9 Å². The minimum atomic E-state index is -0.514. The first-order chi connectivity index (χ1) is 7.65. The third-order valence-electron chi connectivity index (χ3n) is 1.78. The lowest BCUT2D eigenvalue weighted by atomic mass is 10.3. The number of carbonyl (C=O) groups is 1. The van der Waals surface area contributed by atoms with Gasteiger partial charge in [-0.3, -0.25) is 14.9 Å². The van der Waals surface area contributed by atoms with E-state index in [1.807, 2.05) is 0 Å². The number of amides is 1. The molecule has 0 saturated heterocycles. The molecule has 0 radical (unpaired) electrons. The summed E-state index contributed by atoms with van der Waals surface area (Å²) < 4.78 is 0. The van der Waals surface area contributed by atoms with E-state index in [1.165, 1.54) is 12.1 Å². The Morgan fingerprint density at radius 2 is 2.38 bits per heavy atom. The van der Waals surface area contributed by atoms with Crippen LogP contribution in [0.3, 0.4) is 0 Å². The summed E-state index contributed by atoms with van der Waals surface area (Å²) in [6.07, 6.45) is 6.36. The lowest BCUT2D eigenvalue weighted by molar-refractivity contribution is -0.380. The van der Waals surface area contributed by atoms with Crippen LogP contribution in [-0.2, 0) is 0 Å². The van der Waals surface area contributed by atoms with Crippen LogP contribution in [0.4, 0.5) is 5.00 Å². The highest BCUT2D eigenvalue weighted by atomic mass is 32.1. The Morgan fingerprint density at radius 3 is 2.94 bits per heavy atom. The van der Waals surface area contributed by atoms with Crippen molar-refractivity contribution in [2.75, 3.05) is 6.54 Å². The molecule has 0 aromatic carbocycles. The number of terminal acetylenes is 1. The Kier molecular flexibility index (Phi) is 4.48. The number of nitro groups is 1. The van der Waals surface area contributed by atoms with Gasteiger partial charge in [0.25, 0.3) is 5.91 Å². The van der Waals surface area contributed by atoms with Gasteiger partial charge in [0.15, 0.2) is 0 Å². The van der Waals surface area contributed by atoms with Gasteiger partial charge in [0.2, 0.25) is 0 Å². The molecule has 1 aromatic heterocycles. The van der Waals surface area contributed by atoms with Crippen molar-refractivity contribution in [2.24, 2.45) is 0 Å². The van der Waals surface area contributed by atoms with Gasteiger partial charge in [-0.25, -0.2) is 0 Å². The van der Waals surface area contributed by atoms with Crippen molar-refractivity contribution in [2.45, 2.75) is 12.8 Å². The molecule has 84 valence electrons. The summed E-state index contributed by atoms with van der Waals surface area (Å²) in [7, 11) is 0. The third kappa shape index (κ3) is 3.37. The number of nitrogens with one attached hydrogen (secondary N) is 1.